The molecule has 7 nitrogen and oxygen atoms in total. The molecule has 0 aliphatic carbocycles. The van der Waals surface area contributed by atoms with Crippen LogP contribution in [0.3, 0.4) is 0 Å². The lowest BCUT2D eigenvalue weighted by molar-refractivity contribution is -0.123. The minimum absolute atomic E-state index is 0.0167. The Hall–Kier alpha value is -2.80. The third kappa shape index (κ3) is 6.34. The normalized spacial score (nSPS) is 16.2. The molecule has 1 fully saturated rings. The molecule has 0 bridgehead atoms. The predicted octanol–water partition coefficient (Wildman–Crippen LogP) is 3.30. The fraction of sp³-hybridized carbons (Fsp3) is 0.500. The molecule has 1 aromatic heterocycles. The van der Waals surface area contributed by atoms with Gasteiger partial charge in [-0.05, 0) is 55.5 Å². The monoisotopic (exact) mass is 427 g/mol. The van der Waals surface area contributed by atoms with Crippen molar-refractivity contribution in [1.82, 2.24) is 15.5 Å². The molecule has 2 heterocycles. The molecule has 0 radical (unpaired) electrons. The van der Waals surface area contributed by atoms with Crippen molar-refractivity contribution in [1.29, 1.82) is 0 Å². The van der Waals surface area contributed by atoms with E-state index in [1.807, 2.05) is 31.2 Å². The second kappa shape index (κ2) is 10.5. The number of carbonyl (C=O) groups is 2. The molecule has 2 N–H and O–H groups in total. The van der Waals surface area contributed by atoms with Crippen molar-refractivity contribution >= 4 is 11.8 Å². The van der Waals surface area contributed by atoms with Crippen molar-refractivity contribution in [2.75, 3.05) is 26.7 Å². The zero-order valence-electron chi connectivity index (χ0n) is 18.8. The number of piperidine rings is 1. The van der Waals surface area contributed by atoms with E-state index in [2.05, 4.69) is 29.4 Å². The van der Waals surface area contributed by atoms with Crippen LogP contribution in [0.5, 0.6) is 5.75 Å². The SMILES string of the molecule is COc1ccc(C(NC(=O)CN2CCC(NC(=O)c3ccc(C)o3)CC2)C(C)C)cc1. The van der Waals surface area contributed by atoms with Crippen molar-refractivity contribution in [3.05, 3.63) is 53.5 Å². The van der Waals surface area contributed by atoms with Crippen LogP contribution in [0.4, 0.5) is 0 Å². The number of methoxy groups -OCH3 is 1. The number of ether oxygens (including phenoxy) is 1. The maximum absolute atomic E-state index is 12.7. The molecule has 31 heavy (non-hydrogen) atoms. The highest BCUT2D eigenvalue weighted by atomic mass is 16.5. The molecule has 1 aromatic carbocycles. The van der Waals surface area contributed by atoms with Gasteiger partial charge in [-0.1, -0.05) is 26.0 Å². The van der Waals surface area contributed by atoms with E-state index in [0.717, 1.165) is 43.0 Å². The number of aryl methyl sites for hydroxylation is 1. The average molecular weight is 428 g/mol. The molecule has 1 aliphatic rings. The Morgan fingerprint density at radius 1 is 1.13 bits per heavy atom. The lowest BCUT2D eigenvalue weighted by Gasteiger charge is -2.32. The molecule has 3 rings (SSSR count). The van der Waals surface area contributed by atoms with E-state index < -0.39 is 0 Å². The van der Waals surface area contributed by atoms with Gasteiger partial charge < -0.3 is 19.8 Å². The number of hydrogen-bond acceptors (Lipinski definition) is 5. The zero-order chi connectivity index (χ0) is 22.4. The van der Waals surface area contributed by atoms with Crippen molar-refractivity contribution in [2.24, 2.45) is 5.92 Å². The van der Waals surface area contributed by atoms with E-state index in [1.54, 1.807) is 19.2 Å². The number of nitrogens with zero attached hydrogens (tertiary/aromatic N) is 1. The Bertz CT molecular complexity index is 867. The summed E-state index contributed by atoms with van der Waals surface area (Å²) in [4.78, 5) is 27.1. The number of nitrogens with one attached hydrogen (secondary N) is 2. The summed E-state index contributed by atoms with van der Waals surface area (Å²) in [5.74, 6) is 1.97. The summed E-state index contributed by atoms with van der Waals surface area (Å²) in [6, 6.07) is 11.4. The van der Waals surface area contributed by atoms with Crippen molar-refractivity contribution < 1.29 is 18.7 Å². The van der Waals surface area contributed by atoms with E-state index in [1.165, 1.54) is 0 Å². The first-order valence-electron chi connectivity index (χ1n) is 10.9. The molecule has 168 valence electrons. The van der Waals surface area contributed by atoms with Gasteiger partial charge in [-0.3, -0.25) is 14.5 Å². The van der Waals surface area contributed by atoms with Crippen LogP contribution in [0.25, 0.3) is 0 Å². The summed E-state index contributed by atoms with van der Waals surface area (Å²) in [6.07, 6.45) is 1.62. The van der Waals surface area contributed by atoms with Crippen LogP contribution in [0, 0.1) is 12.8 Å². The van der Waals surface area contributed by atoms with E-state index in [9.17, 15) is 9.59 Å². The van der Waals surface area contributed by atoms with Gasteiger partial charge in [0.1, 0.15) is 11.5 Å². The molecule has 2 aromatic rings. The van der Waals surface area contributed by atoms with Crippen LogP contribution >= 0.6 is 0 Å². The van der Waals surface area contributed by atoms with E-state index in [-0.39, 0.29) is 29.8 Å². The van der Waals surface area contributed by atoms with Gasteiger partial charge >= 0.3 is 0 Å². The summed E-state index contributed by atoms with van der Waals surface area (Å²) in [6.45, 7) is 7.92. The molecule has 7 heteroatoms. The molecule has 1 unspecified atom stereocenters. The lowest BCUT2D eigenvalue weighted by atomic mass is 9.96. The number of furan rings is 1. The first-order valence-corrected chi connectivity index (χ1v) is 10.9. The van der Waals surface area contributed by atoms with Gasteiger partial charge in [0.2, 0.25) is 5.91 Å². The third-order valence-electron chi connectivity index (χ3n) is 5.71. The van der Waals surface area contributed by atoms with Crippen molar-refractivity contribution in [2.45, 2.75) is 45.7 Å². The summed E-state index contributed by atoms with van der Waals surface area (Å²) in [5, 5.41) is 6.21. The number of benzene rings is 1. The van der Waals surface area contributed by atoms with Crippen LogP contribution in [0.15, 0.2) is 40.8 Å². The highest BCUT2D eigenvalue weighted by Gasteiger charge is 2.25. The molecular weight excluding hydrogens is 394 g/mol. The smallest absolute Gasteiger partial charge is 0.287 e. The molecular formula is C24H33N3O4. The number of hydrogen-bond donors (Lipinski definition) is 2. The Morgan fingerprint density at radius 2 is 1.81 bits per heavy atom. The quantitative estimate of drug-likeness (QED) is 0.675. The highest BCUT2D eigenvalue weighted by molar-refractivity contribution is 5.91. The minimum Gasteiger partial charge on any atom is -0.497 e. The third-order valence-corrected chi connectivity index (χ3v) is 5.71. The summed E-state index contributed by atoms with van der Waals surface area (Å²) < 4.78 is 10.6. The van der Waals surface area contributed by atoms with Gasteiger partial charge in [-0.25, -0.2) is 0 Å². The molecule has 1 saturated heterocycles. The summed E-state index contributed by atoms with van der Waals surface area (Å²) >= 11 is 0. The second-order valence-electron chi connectivity index (χ2n) is 8.50. The van der Waals surface area contributed by atoms with Gasteiger partial charge in [0.25, 0.3) is 5.91 Å². The van der Waals surface area contributed by atoms with E-state index >= 15 is 0 Å². The van der Waals surface area contributed by atoms with Crippen LogP contribution in [0.2, 0.25) is 0 Å². The number of carbonyl (C=O) groups excluding carboxylic acids is 2. The molecule has 0 spiro atoms. The van der Waals surface area contributed by atoms with Crippen LogP contribution in [0.1, 0.15) is 54.6 Å². The Labute approximate surface area is 184 Å². The van der Waals surface area contributed by atoms with Gasteiger partial charge in [-0.2, -0.15) is 0 Å². The second-order valence-corrected chi connectivity index (χ2v) is 8.50. The summed E-state index contributed by atoms with van der Waals surface area (Å²) in [5.41, 5.74) is 1.07. The van der Waals surface area contributed by atoms with Crippen LogP contribution in [-0.2, 0) is 4.79 Å². The standard InChI is InChI=1S/C24H33N3O4/c1-16(2)23(18-6-8-20(30-4)9-7-18)26-22(28)15-27-13-11-19(12-14-27)25-24(29)21-10-5-17(3)31-21/h5-10,16,19,23H,11-15H2,1-4H3,(H,25,29)(H,26,28). The fourth-order valence-corrected chi connectivity index (χ4v) is 3.92. The predicted molar refractivity (Wildman–Crippen MR) is 119 cm³/mol. The zero-order valence-corrected chi connectivity index (χ0v) is 18.8. The van der Waals surface area contributed by atoms with E-state index in [0.29, 0.717) is 12.3 Å². The molecule has 1 aliphatic heterocycles. The Kier molecular flexibility index (Phi) is 7.74. The van der Waals surface area contributed by atoms with Gasteiger partial charge in [0.05, 0.1) is 19.7 Å². The average Bonchev–Trinajstić information content (AvgIpc) is 3.20. The lowest BCUT2D eigenvalue weighted by Crippen LogP contribution is -2.48. The highest BCUT2D eigenvalue weighted by Crippen LogP contribution is 2.24. The summed E-state index contributed by atoms with van der Waals surface area (Å²) in [7, 11) is 1.64. The maximum Gasteiger partial charge on any atom is 0.287 e. The van der Waals surface area contributed by atoms with Crippen LogP contribution in [-0.4, -0.2) is 49.5 Å². The van der Waals surface area contributed by atoms with Gasteiger partial charge in [0, 0.05) is 19.1 Å². The minimum atomic E-state index is -0.177. The van der Waals surface area contributed by atoms with E-state index in [4.69, 9.17) is 9.15 Å². The molecule has 0 saturated carbocycles. The van der Waals surface area contributed by atoms with Gasteiger partial charge in [-0.15, -0.1) is 0 Å². The van der Waals surface area contributed by atoms with Crippen molar-refractivity contribution in [3.8, 4) is 5.75 Å². The number of likely N-dealkylation sites (tertiary alicyclic amines) is 1. The molecule has 2 amide bonds. The van der Waals surface area contributed by atoms with Crippen LogP contribution < -0.4 is 15.4 Å². The largest absolute Gasteiger partial charge is 0.497 e. The topological polar surface area (TPSA) is 83.8 Å². The Morgan fingerprint density at radius 3 is 2.35 bits per heavy atom. The number of rotatable bonds is 8. The first kappa shape index (κ1) is 22.9. The maximum atomic E-state index is 12.7. The molecule has 1 atom stereocenters. The Balaban J connectivity index is 1.46. The number of amides is 2. The fourth-order valence-electron chi connectivity index (χ4n) is 3.92. The first-order chi connectivity index (χ1) is 14.9. The van der Waals surface area contributed by atoms with Gasteiger partial charge in [0.15, 0.2) is 5.76 Å². The van der Waals surface area contributed by atoms with Crippen molar-refractivity contribution in [3.63, 3.8) is 0 Å².